The van der Waals surface area contributed by atoms with E-state index in [1.807, 2.05) is 0 Å². The maximum atomic E-state index is 12.8. The zero-order valence-corrected chi connectivity index (χ0v) is 17.7. The highest BCUT2D eigenvalue weighted by atomic mass is 32.2. The zero-order valence-electron chi connectivity index (χ0n) is 16.1. The van der Waals surface area contributed by atoms with E-state index < -0.39 is 52.0 Å². The number of carboxylic acids is 1. The van der Waals surface area contributed by atoms with E-state index in [4.69, 9.17) is 15.7 Å². The smallest absolute Gasteiger partial charge is 0.362 e. The molecule has 1 aliphatic heterocycles. The van der Waals surface area contributed by atoms with Crippen LogP contribution in [0.25, 0.3) is 0 Å². The summed E-state index contributed by atoms with van der Waals surface area (Å²) in [6.07, 6.45) is 1.01. The van der Waals surface area contributed by atoms with Crippen LogP contribution in [0.4, 0.5) is 5.13 Å². The molecule has 1 fully saturated rings. The lowest BCUT2D eigenvalue weighted by Crippen LogP contribution is -2.73. The summed E-state index contributed by atoms with van der Waals surface area (Å²) in [4.78, 5) is 48.5. The van der Waals surface area contributed by atoms with Crippen LogP contribution in [0, 0.1) is 0 Å². The van der Waals surface area contributed by atoms with Gasteiger partial charge in [-0.15, -0.1) is 11.3 Å². The molecule has 0 spiro atoms. The lowest BCUT2D eigenvalue weighted by atomic mass is 9.98. The summed E-state index contributed by atoms with van der Waals surface area (Å²) in [6, 6.07) is -2.63. The molecule has 0 aromatic carbocycles. The minimum absolute atomic E-state index is 0.0613. The Bertz CT molecular complexity index is 1160. The number of aliphatic carboxylic acids is 1. The maximum absolute atomic E-state index is 12.8. The number of nitrogen functional groups attached to an aromatic ring is 1. The molecule has 18 heteroatoms. The first-order valence-corrected chi connectivity index (χ1v) is 10.9. The van der Waals surface area contributed by atoms with Gasteiger partial charge in [-0.1, -0.05) is 5.16 Å². The number of β-lactam (4-membered cyclic amide) rings is 1. The number of aromatic nitrogens is 4. The molecule has 32 heavy (non-hydrogen) atoms. The number of anilines is 1. The number of oxime groups is 1. The quantitative estimate of drug-likeness (QED) is 0.126. The largest absolute Gasteiger partial charge is 0.478 e. The number of hydrogen-bond acceptors (Lipinski definition) is 12. The van der Waals surface area contributed by atoms with Crippen LogP contribution >= 0.6 is 11.3 Å². The molecule has 172 valence electrons. The molecule has 1 saturated heterocycles. The first-order chi connectivity index (χ1) is 15.0. The van der Waals surface area contributed by atoms with E-state index in [-0.39, 0.29) is 21.7 Å². The van der Waals surface area contributed by atoms with Gasteiger partial charge in [0.15, 0.2) is 10.8 Å². The van der Waals surface area contributed by atoms with Crippen molar-refractivity contribution in [2.75, 3.05) is 5.73 Å². The van der Waals surface area contributed by atoms with Gasteiger partial charge in [0.05, 0.1) is 12.6 Å². The van der Waals surface area contributed by atoms with Crippen molar-refractivity contribution in [3.05, 3.63) is 23.7 Å². The van der Waals surface area contributed by atoms with E-state index in [1.165, 1.54) is 29.6 Å². The summed E-state index contributed by atoms with van der Waals surface area (Å²) in [5.74, 6) is -3.48. The number of carbonyl (C=O) groups excluding carboxylic acids is 2. The third kappa shape index (κ3) is 4.81. The topological polar surface area (TPSA) is 232 Å². The highest BCUT2D eigenvalue weighted by molar-refractivity contribution is 7.84. The van der Waals surface area contributed by atoms with E-state index >= 15 is 0 Å². The second-order valence-electron chi connectivity index (χ2n) is 6.34. The first kappa shape index (κ1) is 23.0. The molecule has 0 bridgehead atoms. The Labute approximate surface area is 183 Å². The summed E-state index contributed by atoms with van der Waals surface area (Å²) in [5, 5.41) is 20.0. The molecule has 1 aliphatic rings. The van der Waals surface area contributed by atoms with Crippen molar-refractivity contribution in [3.63, 3.8) is 0 Å². The third-order valence-electron chi connectivity index (χ3n) is 4.17. The van der Waals surface area contributed by atoms with Gasteiger partial charge in [0.25, 0.3) is 11.8 Å². The first-order valence-electron chi connectivity index (χ1n) is 8.61. The number of nitrogens with one attached hydrogen (secondary N) is 1. The predicted octanol–water partition coefficient (Wildman–Crippen LogP) is -2.29. The minimum Gasteiger partial charge on any atom is -0.478 e. The van der Waals surface area contributed by atoms with Crippen molar-refractivity contribution in [1.29, 1.82) is 0 Å². The van der Waals surface area contributed by atoms with Crippen molar-refractivity contribution in [1.82, 2.24) is 29.4 Å². The van der Waals surface area contributed by atoms with Crippen LogP contribution < -0.4 is 11.1 Å². The summed E-state index contributed by atoms with van der Waals surface area (Å²) in [5.41, 5.74) is 5.00. The molecule has 16 nitrogen and oxygen atoms in total. The number of rotatable bonds is 9. The number of amides is 2. The minimum atomic E-state index is -4.91. The second-order valence-corrected chi connectivity index (χ2v) is 8.52. The lowest BCUT2D eigenvalue weighted by molar-refractivity contribution is -0.149. The Kier molecular flexibility index (Phi) is 6.37. The van der Waals surface area contributed by atoms with Gasteiger partial charge in [-0.2, -0.15) is 13.5 Å². The van der Waals surface area contributed by atoms with E-state index in [1.54, 1.807) is 0 Å². The molecular weight excluding hydrogens is 472 g/mol. The molecule has 0 radical (unpaired) electrons. The van der Waals surface area contributed by atoms with Gasteiger partial charge in [-0.3, -0.25) is 18.8 Å². The van der Waals surface area contributed by atoms with Gasteiger partial charge in [-0.05, 0) is 6.92 Å². The van der Waals surface area contributed by atoms with Gasteiger partial charge >= 0.3 is 16.3 Å². The third-order valence-corrected chi connectivity index (χ3v) is 5.80. The molecule has 2 aromatic heterocycles. The van der Waals surface area contributed by atoms with E-state index in [9.17, 15) is 27.4 Å². The summed E-state index contributed by atoms with van der Waals surface area (Å²) >= 11 is 0.965. The molecule has 3 atom stereocenters. The highest BCUT2D eigenvalue weighted by Gasteiger charge is 2.54. The van der Waals surface area contributed by atoms with Gasteiger partial charge in [-0.25, -0.2) is 19.1 Å². The van der Waals surface area contributed by atoms with Crippen molar-refractivity contribution in [2.45, 2.75) is 31.7 Å². The van der Waals surface area contributed by atoms with Crippen LogP contribution in [0.15, 0.2) is 23.2 Å². The molecule has 0 aliphatic carbocycles. The fraction of sp³-hybridized carbons (Fsp3) is 0.357. The lowest BCUT2D eigenvalue weighted by Gasteiger charge is -2.43. The Morgan fingerprint density at radius 3 is 2.72 bits per heavy atom. The number of carboxylic acid groups (broad SMARTS) is 1. The van der Waals surface area contributed by atoms with Crippen LogP contribution in [-0.2, 0) is 36.1 Å². The highest BCUT2D eigenvalue weighted by Crippen LogP contribution is 2.25. The Morgan fingerprint density at radius 1 is 1.47 bits per heavy atom. The predicted molar refractivity (Wildman–Crippen MR) is 105 cm³/mol. The monoisotopic (exact) mass is 488 g/mol. The Morgan fingerprint density at radius 2 is 2.19 bits per heavy atom. The van der Waals surface area contributed by atoms with Crippen molar-refractivity contribution in [2.24, 2.45) is 5.16 Å². The van der Waals surface area contributed by atoms with E-state index in [2.05, 4.69) is 25.5 Å². The fourth-order valence-corrected chi connectivity index (χ4v) is 4.07. The summed E-state index contributed by atoms with van der Waals surface area (Å²) < 4.78 is 33.9. The molecule has 5 N–H and O–H groups in total. The number of carbonyl (C=O) groups is 3. The van der Waals surface area contributed by atoms with Crippen LogP contribution in [0.5, 0.6) is 0 Å². The van der Waals surface area contributed by atoms with Crippen LogP contribution in [0.1, 0.15) is 12.6 Å². The van der Waals surface area contributed by atoms with E-state index in [0.717, 1.165) is 11.3 Å². The number of nitrogens with two attached hydrogens (primary N) is 1. The summed E-state index contributed by atoms with van der Waals surface area (Å²) in [7, 11) is -4.91. The molecule has 3 rings (SSSR count). The molecule has 2 aromatic rings. The Balaban J connectivity index is 1.85. The SMILES string of the molecule is C[C@H](ON=C(C(=O)N[C@@H]1C(=O)N(S(=O)(=O)O)[C@H]1Cn1cncn1)c1csc(N)n1)C(=O)O. The fourth-order valence-electron chi connectivity index (χ4n) is 2.65. The number of nitrogens with zero attached hydrogens (tertiary/aromatic N) is 6. The zero-order chi connectivity index (χ0) is 23.6. The van der Waals surface area contributed by atoms with Crippen molar-refractivity contribution >= 4 is 50.3 Å². The van der Waals surface area contributed by atoms with Gasteiger partial charge in [0.1, 0.15) is 24.4 Å². The Hall–Kier alpha value is -3.64. The molecule has 0 saturated carbocycles. The van der Waals surface area contributed by atoms with Crippen LogP contribution in [0.3, 0.4) is 0 Å². The summed E-state index contributed by atoms with van der Waals surface area (Å²) in [6.45, 7) is 0.948. The number of thiazole rings is 1. The van der Waals surface area contributed by atoms with Crippen LogP contribution in [-0.4, -0.2) is 83.8 Å². The maximum Gasteiger partial charge on any atom is 0.362 e. The molecule has 2 amide bonds. The second kappa shape index (κ2) is 8.85. The molecular formula is C14H16N8O8S2. The van der Waals surface area contributed by atoms with Crippen molar-refractivity contribution < 1.29 is 37.3 Å². The van der Waals surface area contributed by atoms with E-state index in [0.29, 0.717) is 0 Å². The molecule has 0 unspecified atom stereocenters. The normalized spacial score (nSPS) is 19.9. The average Bonchev–Trinajstić information content (AvgIpc) is 3.36. The van der Waals surface area contributed by atoms with Gasteiger partial charge in [0, 0.05) is 5.38 Å². The van der Waals surface area contributed by atoms with Crippen LogP contribution in [0.2, 0.25) is 0 Å². The van der Waals surface area contributed by atoms with Gasteiger partial charge < -0.3 is 21.0 Å². The van der Waals surface area contributed by atoms with Crippen molar-refractivity contribution in [3.8, 4) is 0 Å². The van der Waals surface area contributed by atoms with Gasteiger partial charge in [0.2, 0.25) is 6.10 Å². The average molecular weight is 488 g/mol. The standard InChI is InChI=1S/C14H16N8O8S2/c1-6(13(25)26)30-20-9(7-3-31-14(15)18-7)11(23)19-10-8(2-21-5-16-4-17-21)22(12(10)24)32(27,28)29/h3-6,8,10H,2H2,1H3,(H2,15,18)(H,19,23)(H,25,26)(H,27,28,29)/t6-,8-,10-/m0/s1. The molecule has 3 heterocycles. The number of hydrogen-bond donors (Lipinski definition) is 4.